The number of amides is 1. The number of sulfonamides is 1. The van der Waals surface area contributed by atoms with Gasteiger partial charge in [-0.3, -0.25) is 9.10 Å². The van der Waals surface area contributed by atoms with Gasteiger partial charge in [0.05, 0.1) is 16.7 Å². The first-order valence-corrected chi connectivity index (χ1v) is 10.9. The van der Waals surface area contributed by atoms with Gasteiger partial charge in [0.25, 0.3) is 15.9 Å². The lowest BCUT2D eigenvalue weighted by Crippen LogP contribution is -2.26. The van der Waals surface area contributed by atoms with E-state index in [4.69, 9.17) is 4.74 Å². The average molecular weight is 425 g/mol. The van der Waals surface area contributed by atoms with Crippen LogP contribution in [0.3, 0.4) is 0 Å². The minimum atomic E-state index is -3.70. The van der Waals surface area contributed by atoms with Gasteiger partial charge in [0.1, 0.15) is 5.75 Å². The summed E-state index contributed by atoms with van der Waals surface area (Å²) in [5.41, 5.74) is 1.52. The van der Waals surface area contributed by atoms with Crippen LogP contribution >= 0.6 is 0 Å². The summed E-state index contributed by atoms with van der Waals surface area (Å²) >= 11 is 0. The average Bonchev–Trinajstić information content (AvgIpc) is 2.74. The zero-order valence-electron chi connectivity index (χ0n) is 17.1. The molecule has 1 N–H and O–H groups in total. The van der Waals surface area contributed by atoms with E-state index in [9.17, 15) is 13.2 Å². The number of nitrogens with one attached hydrogen (secondary N) is 1. The molecule has 0 aliphatic heterocycles. The summed E-state index contributed by atoms with van der Waals surface area (Å²) in [5, 5.41) is 2.78. The van der Waals surface area contributed by atoms with Crippen LogP contribution in [0.25, 0.3) is 0 Å². The third-order valence-corrected chi connectivity index (χ3v) is 6.16. The van der Waals surface area contributed by atoms with Crippen LogP contribution in [0, 0.1) is 0 Å². The number of hydrogen-bond donors (Lipinski definition) is 1. The molecule has 7 heteroatoms. The molecular formula is C23H24N2O4S. The molecule has 0 heterocycles. The second-order valence-corrected chi connectivity index (χ2v) is 8.95. The molecule has 0 atom stereocenters. The zero-order chi connectivity index (χ0) is 21.7. The minimum absolute atomic E-state index is 0.00632. The van der Waals surface area contributed by atoms with E-state index in [1.54, 1.807) is 60.7 Å². The van der Waals surface area contributed by atoms with Gasteiger partial charge in [-0.05, 0) is 68.4 Å². The van der Waals surface area contributed by atoms with Crippen molar-refractivity contribution in [2.75, 3.05) is 16.7 Å². The molecule has 0 unspecified atom stereocenters. The van der Waals surface area contributed by atoms with Gasteiger partial charge in [-0.2, -0.15) is 0 Å². The highest BCUT2D eigenvalue weighted by atomic mass is 32.2. The summed E-state index contributed by atoms with van der Waals surface area (Å²) in [6.07, 6.45) is 0.00632. The Bertz CT molecular complexity index is 1110. The van der Waals surface area contributed by atoms with Crippen molar-refractivity contribution < 1.29 is 17.9 Å². The molecule has 0 radical (unpaired) electrons. The molecule has 1 amide bonds. The maximum absolute atomic E-state index is 12.8. The molecule has 0 spiro atoms. The number of carbonyl (C=O) groups excluding carboxylic acids is 1. The van der Waals surface area contributed by atoms with E-state index >= 15 is 0 Å². The number of benzene rings is 3. The molecular weight excluding hydrogens is 400 g/mol. The predicted molar refractivity (Wildman–Crippen MR) is 119 cm³/mol. The number of rotatable bonds is 7. The smallest absolute Gasteiger partial charge is 0.264 e. The summed E-state index contributed by atoms with van der Waals surface area (Å²) in [6, 6.07) is 21.8. The molecule has 0 aliphatic carbocycles. The lowest BCUT2D eigenvalue weighted by atomic mass is 10.2. The fraction of sp³-hybridized carbons (Fsp3) is 0.174. The van der Waals surface area contributed by atoms with Gasteiger partial charge in [0.15, 0.2) is 0 Å². The lowest BCUT2D eigenvalue weighted by Gasteiger charge is -2.19. The summed E-state index contributed by atoms with van der Waals surface area (Å²) in [6.45, 7) is 3.83. The Morgan fingerprint density at radius 2 is 1.60 bits per heavy atom. The molecule has 0 saturated heterocycles. The Balaban J connectivity index is 1.74. The van der Waals surface area contributed by atoms with Gasteiger partial charge < -0.3 is 10.1 Å². The normalized spacial score (nSPS) is 11.2. The lowest BCUT2D eigenvalue weighted by molar-refractivity contribution is 0.102. The van der Waals surface area contributed by atoms with Crippen LogP contribution in [0.5, 0.6) is 5.75 Å². The molecule has 3 aromatic carbocycles. The molecule has 0 aromatic heterocycles. The standard InChI is InChI=1S/C23H24N2O4S/c1-17(2)29-21-11-7-8-18(16-21)23(26)24-19-12-14-22(15-13-19)30(27,28)25(3)20-9-5-4-6-10-20/h4-17H,1-3H3,(H,24,26). The Kier molecular flexibility index (Phi) is 6.42. The van der Waals surface area contributed by atoms with Crippen LogP contribution in [0.4, 0.5) is 11.4 Å². The monoisotopic (exact) mass is 424 g/mol. The fourth-order valence-electron chi connectivity index (χ4n) is 2.83. The first kappa shape index (κ1) is 21.4. The second-order valence-electron chi connectivity index (χ2n) is 6.98. The van der Waals surface area contributed by atoms with Crippen molar-refractivity contribution in [2.24, 2.45) is 0 Å². The van der Waals surface area contributed by atoms with E-state index in [2.05, 4.69) is 5.32 Å². The molecule has 30 heavy (non-hydrogen) atoms. The van der Waals surface area contributed by atoms with Crippen molar-refractivity contribution in [1.82, 2.24) is 0 Å². The Morgan fingerprint density at radius 3 is 2.23 bits per heavy atom. The summed E-state index contributed by atoms with van der Waals surface area (Å²) in [5.74, 6) is 0.309. The highest BCUT2D eigenvalue weighted by molar-refractivity contribution is 7.92. The fourth-order valence-corrected chi connectivity index (χ4v) is 4.03. The Labute approximate surface area is 177 Å². The Hall–Kier alpha value is -3.32. The molecule has 3 aromatic rings. The summed E-state index contributed by atoms with van der Waals surface area (Å²) in [7, 11) is -2.20. The number of ether oxygens (including phenoxy) is 1. The van der Waals surface area contributed by atoms with Crippen molar-refractivity contribution in [3.8, 4) is 5.75 Å². The van der Waals surface area contributed by atoms with E-state index in [-0.39, 0.29) is 16.9 Å². The van der Waals surface area contributed by atoms with Crippen molar-refractivity contribution in [2.45, 2.75) is 24.8 Å². The summed E-state index contributed by atoms with van der Waals surface area (Å²) in [4.78, 5) is 12.7. The summed E-state index contributed by atoms with van der Waals surface area (Å²) < 4.78 is 32.5. The highest BCUT2D eigenvalue weighted by Crippen LogP contribution is 2.23. The number of carbonyl (C=O) groups is 1. The van der Waals surface area contributed by atoms with E-state index in [0.29, 0.717) is 22.7 Å². The number of para-hydroxylation sites is 1. The largest absolute Gasteiger partial charge is 0.491 e. The first-order valence-electron chi connectivity index (χ1n) is 9.49. The van der Waals surface area contributed by atoms with Gasteiger partial charge in [-0.25, -0.2) is 8.42 Å². The molecule has 0 aliphatic rings. The third kappa shape index (κ3) is 4.99. The molecule has 0 bridgehead atoms. The number of nitrogens with zero attached hydrogens (tertiary/aromatic N) is 1. The van der Waals surface area contributed by atoms with Crippen LogP contribution in [0.2, 0.25) is 0 Å². The van der Waals surface area contributed by atoms with Crippen molar-refractivity contribution >= 4 is 27.3 Å². The predicted octanol–water partition coefficient (Wildman–Crippen LogP) is 4.55. The third-order valence-electron chi connectivity index (χ3n) is 4.36. The van der Waals surface area contributed by atoms with Crippen LogP contribution in [0.1, 0.15) is 24.2 Å². The Morgan fingerprint density at radius 1 is 0.933 bits per heavy atom. The quantitative estimate of drug-likeness (QED) is 0.604. The van der Waals surface area contributed by atoms with Gasteiger partial charge in [-0.1, -0.05) is 24.3 Å². The zero-order valence-corrected chi connectivity index (χ0v) is 17.9. The topological polar surface area (TPSA) is 75.7 Å². The number of hydrogen-bond acceptors (Lipinski definition) is 4. The molecule has 6 nitrogen and oxygen atoms in total. The number of anilines is 2. The highest BCUT2D eigenvalue weighted by Gasteiger charge is 2.21. The van der Waals surface area contributed by atoms with Crippen LogP contribution in [0.15, 0.2) is 83.8 Å². The van der Waals surface area contributed by atoms with Crippen LogP contribution in [-0.4, -0.2) is 27.5 Å². The molecule has 3 rings (SSSR count). The van der Waals surface area contributed by atoms with Crippen molar-refractivity contribution in [1.29, 1.82) is 0 Å². The van der Waals surface area contributed by atoms with Gasteiger partial charge in [0.2, 0.25) is 0 Å². The van der Waals surface area contributed by atoms with Crippen molar-refractivity contribution in [3.63, 3.8) is 0 Å². The van der Waals surface area contributed by atoms with E-state index in [1.807, 2.05) is 19.9 Å². The van der Waals surface area contributed by atoms with Crippen LogP contribution in [-0.2, 0) is 10.0 Å². The van der Waals surface area contributed by atoms with Gasteiger partial charge in [-0.15, -0.1) is 0 Å². The van der Waals surface area contributed by atoms with E-state index in [0.717, 1.165) is 0 Å². The van der Waals surface area contributed by atoms with E-state index < -0.39 is 10.0 Å². The van der Waals surface area contributed by atoms with Crippen molar-refractivity contribution in [3.05, 3.63) is 84.4 Å². The van der Waals surface area contributed by atoms with Crippen LogP contribution < -0.4 is 14.4 Å². The molecule has 156 valence electrons. The first-order chi connectivity index (χ1) is 14.3. The van der Waals surface area contributed by atoms with Gasteiger partial charge in [0, 0.05) is 18.3 Å². The minimum Gasteiger partial charge on any atom is -0.491 e. The molecule has 0 saturated carbocycles. The van der Waals surface area contributed by atoms with E-state index in [1.165, 1.54) is 23.5 Å². The van der Waals surface area contributed by atoms with Gasteiger partial charge >= 0.3 is 0 Å². The molecule has 0 fully saturated rings. The maximum atomic E-state index is 12.8. The SMILES string of the molecule is CC(C)Oc1cccc(C(=O)Nc2ccc(S(=O)(=O)N(C)c3ccccc3)cc2)c1. The second kappa shape index (κ2) is 9.00. The maximum Gasteiger partial charge on any atom is 0.264 e.